The van der Waals surface area contributed by atoms with E-state index >= 15 is 0 Å². The molecule has 1 aromatic carbocycles. The first-order valence-corrected chi connectivity index (χ1v) is 10.5. The summed E-state index contributed by atoms with van der Waals surface area (Å²) in [6.07, 6.45) is 2.27. The third-order valence-corrected chi connectivity index (χ3v) is 6.36. The first-order valence-electron chi connectivity index (χ1n) is 7.41. The van der Waals surface area contributed by atoms with Gasteiger partial charge in [0.2, 0.25) is 7.37 Å². The minimum atomic E-state index is -3.04. The van der Waals surface area contributed by atoms with Gasteiger partial charge < -0.3 is 14.9 Å². The van der Waals surface area contributed by atoms with Crippen LogP contribution in [-0.4, -0.2) is 36.5 Å². The van der Waals surface area contributed by atoms with E-state index in [4.69, 9.17) is 4.74 Å². The highest BCUT2D eigenvalue weighted by Crippen LogP contribution is 2.42. The van der Waals surface area contributed by atoms with Crippen molar-refractivity contribution < 1.29 is 14.2 Å². The van der Waals surface area contributed by atoms with Crippen LogP contribution in [0.3, 0.4) is 0 Å². The quantitative estimate of drug-likeness (QED) is 0.544. The normalized spacial score (nSPS) is 25.5. The smallest absolute Gasteiger partial charge is 0.203 e. The van der Waals surface area contributed by atoms with Crippen LogP contribution in [0.2, 0.25) is 0 Å². The summed E-state index contributed by atoms with van der Waals surface area (Å²) in [5, 5.41) is 3.43. The van der Waals surface area contributed by atoms with Crippen molar-refractivity contribution in [2.75, 3.05) is 25.5 Å². The predicted molar refractivity (Wildman–Crippen MR) is 94.1 cm³/mol. The molecule has 2 N–H and O–H groups in total. The molecule has 1 unspecified atom stereocenters. The Morgan fingerprint density at radius 2 is 2.33 bits per heavy atom. The SMILES string of the molecule is CCCCP(=O)(O)C[C@H]1CN[C@H](c2cccc(I)c2)CO1. The largest absolute Gasteiger partial charge is 0.374 e. The molecule has 1 aromatic rings. The van der Waals surface area contributed by atoms with Crippen molar-refractivity contribution in [3.8, 4) is 0 Å². The molecule has 4 nitrogen and oxygen atoms in total. The zero-order valence-electron chi connectivity index (χ0n) is 12.3. The Hall–Kier alpha value is 0.0600. The summed E-state index contributed by atoms with van der Waals surface area (Å²) >= 11 is 2.30. The molecule has 0 radical (unpaired) electrons. The third-order valence-electron chi connectivity index (χ3n) is 3.69. The number of benzene rings is 1. The summed E-state index contributed by atoms with van der Waals surface area (Å²) in [7, 11) is -3.04. The number of hydrogen-bond donors (Lipinski definition) is 2. The van der Waals surface area contributed by atoms with Gasteiger partial charge in [-0.25, -0.2) is 0 Å². The molecular weight excluding hydrogens is 400 g/mol. The van der Waals surface area contributed by atoms with Gasteiger partial charge in [-0.15, -0.1) is 0 Å². The van der Waals surface area contributed by atoms with Crippen LogP contribution in [0.5, 0.6) is 0 Å². The van der Waals surface area contributed by atoms with Gasteiger partial charge >= 0.3 is 0 Å². The highest BCUT2D eigenvalue weighted by Gasteiger charge is 2.28. The second-order valence-electron chi connectivity index (χ2n) is 5.58. The molecule has 3 atom stereocenters. The minimum absolute atomic E-state index is 0.156. The van der Waals surface area contributed by atoms with Gasteiger partial charge in [0.1, 0.15) is 0 Å². The fourth-order valence-electron chi connectivity index (χ4n) is 2.49. The van der Waals surface area contributed by atoms with Gasteiger partial charge in [0.05, 0.1) is 24.9 Å². The van der Waals surface area contributed by atoms with E-state index < -0.39 is 7.37 Å². The van der Waals surface area contributed by atoms with Crippen LogP contribution < -0.4 is 5.32 Å². The van der Waals surface area contributed by atoms with Crippen molar-refractivity contribution in [1.29, 1.82) is 0 Å². The van der Waals surface area contributed by atoms with Gasteiger partial charge in [0.25, 0.3) is 0 Å². The van der Waals surface area contributed by atoms with Gasteiger partial charge in [-0.1, -0.05) is 25.5 Å². The van der Waals surface area contributed by atoms with E-state index in [0.29, 0.717) is 19.3 Å². The number of ether oxygens (including phenoxy) is 1. The van der Waals surface area contributed by atoms with Gasteiger partial charge in [0, 0.05) is 16.3 Å². The molecule has 1 fully saturated rings. The molecule has 1 aliphatic rings. The van der Waals surface area contributed by atoms with Crippen molar-refractivity contribution in [1.82, 2.24) is 5.32 Å². The average Bonchev–Trinajstić information content (AvgIpc) is 2.46. The van der Waals surface area contributed by atoms with Crippen LogP contribution in [0.25, 0.3) is 0 Å². The molecule has 2 rings (SSSR count). The Labute approximate surface area is 140 Å². The average molecular weight is 423 g/mol. The molecule has 1 aliphatic heterocycles. The molecular formula is C15H23INO3P. The van der Waals surface area contributed by atoms with Crippen LogP contribution in [0.1, 0.15) is 31.4 Å². The fourth-order valence-corrected chi connectivity index (χ4v) is 4.92. The lowest BCUT2D eigenvalue weighted by molar-refractivity contribution is 0.0157. The lowest BCUT2D eigenvalue weighted by Crippen LogP contribution is -2.42. The minimum Gasteiger partial charge on any atom is -0.374 e. The number of nitrogens with one attached hydrogen (secondary N) is 1. The number of halogens is 1. The molecule has 0 aromatic heterocycles. The van der Waals surface area contributed by atoms with E-state index in [9.17, 15) is 9.46 Å². The second kappa shape index (κ2) is 8.06. The molecule has 118 valence electrons. The first kappa shape index (κ1) is 17.4. The van der Waals surface area contributed by atoms with Crippen molar-refractivity contribution in [3.63, 3.8) is 0 Å². The summed E-state index contributed by atoms with van der Waals surface area (Å²) in [6, 6.07) is 8.50. The molecule has 0 saturated carbocycles. The maximum atomic E-state index is 12.1. The highest BCUT2D eigenvalue weighted by atomic mass is 127. The van der Waals surface area contributed by atoms with Crippen LogP contribution in [-0.2, 0) is 9.30 Å². The van der Waals surface area contributed by atoms with E-state index in [1.165, 1.54) is 9.13 Å². The summed E-state index contributed by atoms with van der Waals surface area (Å²) < 4.78 is 19.1. The van der Waals surface area contributed by atoms with Crippen molar-refractivity contribution in [2.24, 2.45) is 0 Å². The molecule has 1 heterocycles. The van der Waals surface area contributed by atoms with Crippen LogP contribution >= 0.6 is 30.0 Å². The van der Waals surface area contributed by atoms with Gasteiger partial charge in [0.15, 0.2) is 0 Å². The Balaban J connectivity index is 1.84. The maximum absolute atomic E-state index is 12.1. The molecule has 0 aliphatic carbocycles. The molecule has 21 heavy (non-hydrogen) atoms. The van der Waals surface area contributed by atoms with E-state index in [0.717, 1.165) is 12.8 Å². The van der Waals surface area contributed by atoms with Crippen molar-refractivity contribution in [2.45, 2.75) is 31.9 Å². The molecule has 1 saturated heterocycles. The Kier molecular flexibility index (Phi) is 6.69. The van der Waals surface area contributed by atoms with Crippen LogP contribution in [0, 0.1) is 3.57 Å². The molecule has 0 spiro atoms. The number of unbranched alkanes of at least 4 members (excludes halogenated alkanes) is 1. The predicted octanol–water partition coefficient (Wildman–Crippen LogP) is 3.39. The highest BCUT2D eigenvalue weighted by molar-refractivity contribution is 14.1. The summed E-state index contributed by atoms with van der Waals surface area (Å²) in [4.78, 5) is 9.96. The number of morpholine rings is 1. The third kappa shape index (κ3) is 5.64. The summed E-state index contributed by atoms with van der Waals surface area (Å²) in [5.41, 5.74) is 1.21. The summed E-state index contributed by atoms with van der Waals surface area (Å²) in [6.45, 7) is 3.22. The Morgan fingerprint density at radius 3 is 2.95 bits per heavy atom. The van der Waals surface area contributed by atoms with E-state index in [2.05, 4.69) is 46.1 Å². The van der Waals surface area contributed by atoms with Gasteiger partial charge in [-0.2, -0.15) is 0 Å². The molecule has 0 amide bonds. The van der Waals surface area contributed by atoms with Gasteiger partial charge in [-0.05, 0) is 46.7 Å². The Morgan fingerprint density at radius 1 is 1.52 bits per heavy atom. The zero-order chi connectivity index (χ0) is 15.3. The lowest BCUT2D eigenvalue weighted by Gasteiger charge is -2.31. The lowest BCUT2D eigenvalue weighted by atomic mass is 10.1. The topological polar surface area (TPSA) is 58.6 Å². The van der Waals surface area contributed by atoms with Crippen LogP contribution in [0.4, 0.5) is 0 Å². The van der Waals surface area contributed by atoms with E-state index in [1.807, 2.05) is 13.0 Å². The Bertz CT molecular complexity index is 503. The van der Waals surface area contributed by atoms with E-state index in [-0.39, 0.29) is 18.3 Å². The monoisotopic (exact) mass is 423 g/mol. The number of hydrogen-bond acceptors (Lipinski definition) is 3. The summed E-state index contributed by atoms with van der Waals surface area (Å²) in [5.74, 6) is 0. The van der Waals surface area contributed by atoms with Gasteiger partial charge in [-0.3, -0.25) is 4.57 Å². The van der Waals surface area contributed by atoms with Crippen LogP contribution in [0.15, 0.2) is 24.3 Å². The number of rotatable bonds is 6. The fraction of sp³-hybridized carbons (Fsp3) is 0.600. The first-order chi connectivity index (χ1) is 10.00. The van der Waals surface area contributed by atoms with Crippen molar-refractivity contribution in [3.05, 3.63) is 33.4 Å². The molecule has 0 bridgehead atoms. The second-order valence-corrected chi connectivity index (χ2v) is 9.33. The standard InChI is InChI=1S/C15H23INO3P/c1-2-3-7-21(18,19)11-14-9-17-15(10-20-14)12-5-4-6-13(16)8-12/h4-6,8,14-15,17H,2-3,7,9-11H2,1H3,(H,18,19)/t14-,15+/m1/s1. The maximum Gasteiger partial charge on any atom is 0.203 e. The van der Waals surface area contributed by atoms with Crippen molar-refractivity contribution >= 4 is 30.0 Å². The molecule has 6 heteroatoms. The zero-order valence-corrected chi connectivity index (χ0v) is 15.3. The van der Waals surface area contributed by atoms with E-state index in [1.54, 1.807) is 0 Å².